The minimum absolute atomic E-state index is 0.0735. The lowest BCUT2D eigenvalue weighted by Crippen LogP contribution is -2.50. The summed E-state index contributed by atoms with van der Waals surface area (Å²) >= 11 is 0. The van der Waals surface area contributed by atoms with Gasteiger partial charge in [0.1, 0.15) is 0 Å². The summed E-state index contributed by atoms with van der Waals surface area (Å²) in [6.45, 7) is 3.00. The quantitative estimate of drug-likeness (QED) is 0.600. The molecule has 1 saturated heterocycles. The van der Waals surface area contributed by atoms with Crippen molar-refractivity contribution < 1.29 is 26.4 Å². The Morgan fingerprint density at radius 2 is 1.00 bits per heavy atom. The maximum Gasteiger partial charge on any atom is 0.249 e. The van der Waals surface area contributed by atoms with Crippen LogP contribution in [-0.2, 0) is 20.0 Å². The van der Waals surface area contributed by atoms with Gasteiger partial charge in [-0.15, -0.1) is 0 Å². The number of nitrogens with zero attached hydrogens (tertiary/aromatic N) is 2. The number of rotatable bonds is 6. The zero-order chi connectivity index (χ0) is 23.8. The molecule has 172 valence electrons. The van der Waals surface area contributed by atoms with Gasteiger partial charge in [0.2, 0.25) is 31.9 Å². The molecule has 0 spiro atoms. The third-order valence-corrected chi connectivity index (χ3v) is 9.21. The highest BCUT2D eigenvalue weighted by atomic mass is 32.2. The number of hydrogen-bond acceptors (Lipinski definition) is 6. The van der Waals surface area contributed by atoms with E-state index in [4.69, 9.17) is 11.5 Å². The first-order chi connectivity index (χ1) is 14.9. The third kappa shape index (κ3) is 4.39. The molecule has 1 aliphatic rings. The largest absolute Gasteiger partial charge is 0.366 e. The minimum Gasteiger partial charge on any atom is -0.366 e. The number of piperazine rings is 1. The molecule has 0 radical (unpaired) electrons. The molecule has 2 aromatic rings. The van der Waals surface area contributed by atoms with Gasteiger partial charge < -0.3 is 11.5 Å². The van der Waals surface area contributed by atoms with Gasteiger partial charge in [-0.25, -0.2) is 16.8 Å². The van der Waals surface area contributed by atoms with Gasteiger partial charge in [0.25, 0.3) is 0 Å². The molecular weight excluding hydrogens is 456 g/mol. The number of aryl methyl sites for hydroxylation is 2. The number of amides is 2. The van der Waals surface area contributed by atoms with Gasteiger partial charge in [-0.3, -0.25) is 9.59 Å². The highest BCUT2D eigenvalue weighted by Gasteiger charge is 2.34. The van der Waals surface area contributed by atoms with Gasteiger partial charge in [0, 0.05) is 37.3 Å². The highest BCUT2D eigenvalue weighted by molar-refractivity contribution is 7.89. The Kier molecular flexibility index (Phi) is 6.43. The van der Waals surface area contributed by atoms with Gasteiger partial charge in [0.05, 0.1) is 9.79 Å². The summed E-state index contributed by atoms with van der Waals surface area (Å²) in [5.74, 6) is -1.47. The lowest BCUT2D eigenvalue weighted by Gasteiger charge is -2.33. The van der Waals surface area contributed by atoms with Gasteiger partial charge in [-0.05, 0) is 49.2 Å². The van der Waals surface area contributed by atoms with E-state index in [0.29, 0.717) is 11.1 Å². The van der Waals surface area contributed by atoms with Crippen molar-refractivity contribution in [1.29, 1.82) is 0 Å². The zero-order valence-corrected chi connectivity index (χ0v) is 19.2. The van der Waals surface area contributed by atoms with Crippen LogP contribution in [0.2, 0.25) is 0 Å². The average molecular weight is 481 g/mol. The minimum atomic E-state index is -3.95. The number of hydrogen-bond donors (Lipinski definition) is 2. The maximum absolute atomic E-state index is 13.0. The third-order valence-electron chi connectivity index (χ3n) is 5.42. The number of benzene rings is 2. The van der Waals surface area contributed by atoms with Crippen LogP contribution >= 0.6 is 0 Å². The van der Waals surface area contributed by atoms with Gasteiger partial charge in [-0.2, -0.15) is 8.61 Å². The Balaban J connectivity index is 1.81. The van der Waals surface area contributed by atoms with E-state index in [9.17, 15) is 26.4 Å². The molecule has 0 unspecified atom stereocenters. The SMILES string of the molecule is Cc1ccc(S(=O)(=O)N2CCN(S(=O)(=O)c3ccc(C)c(C(N)=O)c3)CC2)cc1C(N)=O. The molecule has 10 nitrogen and oxygen atoms in total. The second-order valence-electron chi connectivity index (χ2n) is 7.49. The van der Waals surface area contributed by atoms with E-state index in [1.165, 1.54) is 45.0 Å². The standard InChI is InChI=1S/C20H24N4O6S2/c1-13-3-5-15(11-17(13)19(21)25)31(27,28)23-7-9-24(10-8-23)32(29,30)16-6-4-14(2)18(12-16)20(22)26/h3-6,11-12H,7-10H2,1-2H3,(H2,21,25)(H2,22,26). The van der Waals surface area contributed by atoms with Crippen LogP contribution in [0.3, 0.4) is 0 Å². The van der Waals surface area contributed by atoms with Crippen molar-refractivity contribution in [3.8, 4) is 0 Å². The van der Waals surface area contributed by atoms with Gasteiger partial charge in [0.15, 0.2) is 0 Å². The molecule has 1 fully saturated rings. The van der Waals surface area contributed by atoms with Crippen LogP contribution in [0.25, 0.3) is 0 Å². The summed E-state index contributed by atoms with van der Waals surface area (Å²) in [5, 5.41) is 0. The summed E-state index contributed by atoms with van der Waals surface area (Å²) in [4.78, 5) is 23.0. The van der Waals surface area contributed by atoms with Crippen LogP contribution in [0.15, 0.2) is 46.2 Å². The second-order valence-corrected chi connectivity index (χ2v) is 11.4. The number of primary amides is 2. The van der Waals surface area contributed by atoms with Crippen LogP contribution in [-0.4, -0.2) is 63.4 Å². The average Bonchev–Trinajstić information content (AvgIpc) is 2.73. The van der Waals surface area contributed by atoms with Crippen LogP contribution in [0.5, 0.6) is 0 Å². The van der Waals surface area contributed by atoms with E-state index in [1.807, 2.05) is 0 Å². The Hall–Kier alpha value is -2.80. The predicted octanol–water partition coefficient (Wildman–Crippen LogP) is 0.196. The zero-order valence-electron chi connectivity index (χ0n) is 17.6. The van der Waals surface area contributed by atoms with Crippen LogP contribution < -0.4 is 11.5 Å². The van der Waals surface area contributed by atoms with Gasteiger partial charge >= 0.3 is 0 Å². The maximum atomic E-state index is 13.0. The fourth-order valence-corrected chi connectivity index (χ4v) is 6.40. The molecule has 3 rings (SSSR count). The molecule has 0 bridgehead atoms. The lowest BCUT2D eigenvalue weighted by molar-refractivity contribution is 0.0991. The normalized spacial score (nSPS) is 16.1. The smallest absolute Gasteiger partial charge is 0.249 e. The molecule has 32 heavy (non-hydrogen) atoms. The molecule has 4 N–H and O–H groups in total. The molecular formula is C20H24N4O6S2. The van der Waals surface area contributed by atoms with E-state index < -0.39 is 31.9 Å². The number of carbonyl (C=O) groups excluding carboxylic acids is 2. The first-order valence-corrected chi connectivity index (χ1v) is 12.5. The number of carbonyl (C=O) groups is 2. The second kappa shape index (κ2) is 8.62. The number of sulfonamides is 2. The van der Waals surface area contributed by atoms with Crippen molar-refractivity contribution in [2.45, 2.75) is 23.6 Å². The molecule has 1 heterocycles. The van der Waals surface area contributed by atoms with E-state index in [1.54, 1.807) is 13.8 Å². The summed E-state index contributed by atoms with van der Waals surface area (Å²) in [6, 6.07) is 8.24. The Labute approximate surface area is 186 Å². The van der Waals surface area contributed by atoms with Crippen molar-refractivity contribution in [2.75, 3.05) is 26.2 Å². The fraction of sp³-hybridized carbons (Fsp3) is 0.300. The molecule has 0 saturated carbocycles. The van der Waals surface area contributed by atoms with E-state index in [0.717, 1.165) is 0 Å². The van der Waals surface area contributed by atoms with E-state index in [2.05, 4.69) is 0 Å². The van der Waals surface area contributed by atoms with Crippen molar-refractivity contribution in [3.05, 3.63) is 58.7 Å². The fourth-order valence-electron chi connectivity index (χ4n) is 3.50. The van der Waals surface area contributed by atoms with Crippen LogP contribution in [0.1, 0.15) is 31.8 Å². The molecule has 0 aliphatic carbocycles. The number of nitrogens with two attached hydrogens (primary N) is 2. The summed E-state index contributed by atoms with van der Waals surface area (Å²) in [5.41, 5.74) is 12.0. The molecule has 2 amide bonds. The Morgan fingerprint density at radius 1 is 0.688 bits per heavy atom. The van der Waals surface area contributed by atoms with Crippen molar-refractivity contribution in [1.82, 2.24) is 8.61 Å². The highest BCUT2D eigenvalue weighted by Crippen LogP contribution is 2.24. The van der Waals surface area contributed by atoms with Crippen molar-refractivity contribution >= 4 is 31.9 Å². The lowest BCUT2D eigenvalue weighted by atomic mass is 10.1. The Bertz CT molecular complexity index is 1200. The van der Waals surface area contributed by atoms with E-state index in [-0.39, 0.29) is 47.1 Å². The molecule has 2 aromatic carbocycles. The molecule has 0 atom stereocenters. The first-order valence-electron chi connectivity index (χ1n) is 9.67. The summed E-state index contributed by atoms with van der Waals surface area (Å²) < 4.78 is 54.4. The van der Waals surface area contributed by atoms with Gasteiger partial charge in [-0.1, -0.05) is 12.1 Å². The van der Waals surface area contributed by atoms with Crippen LogP contribution in [0.4, 0.5) is 0 Å². The topological polar surface area (TPSA) is 161 Å². The Morgan fingerprint density at radius 3 is 1.28 bits per heavy atom. The first kappa shape index (κ1) is 23.9. The monoisotopic (exact) mass is 480 g/mol. The van der Waals surface area contributed by atoms with Crippen LogP contribution in [0, 0.1) is 13.8 Å². The van der Waals surface area contributed by atoms with E-state index >= 15 is 0 Å². The summed E-state index contributed by atoms with van der Waals surface area (Å²) in [7, 11) is -7.90. The molecule has 1 aliphatic heterocycles. The van der Waals surface area contributed by atoms with Crippen molar-refractivity contribution in [3.63, 3.8) is 0 Å². The molecule has 0 aromatic heterocycles. The molecule has 12 heteroatoms. The summed E-state index contributed by atoms with van der Waals surface area (Å²) in [6.07, 6.45) is 0. The predicted molar refractivity (Wildman–Crippen MR) is 117 cm³/mol. The van der Waals surface area contributed by atoms with Crippen molar-refractivity contribution in [2.24, 2.45) is 11.5 Å².